The highest BCUT2D eigenvalue weighted by Crippen LogP contribution is 2.32. The van der Waals surface area contributed by atoms with Crippen LogP contribution in [0.3, 0.4) is 0 Å². The van der Waals surface area contributed by atoms with Crippen LogP contribution in [-0.2, 0) is 10.0 Å². The van der Waals surface area contributed by atoms with Gasteiger partial charge in [0.25, 0.3) is 0 Å². The third-order valence-corrected chi connectivity index (χ3v) is 2.80. The second kappa shape index (κ2) is 4.63. The second-order valence-electron chi connectivity index (χ2n) is 2.94. The molecule has 0 aliphatic heterocycles. The summed E-state index contributed by atoms with van der Waals surface area (Å²) in [6, 6.07) is 2.53. The molecule has 0 amide bonds. The molecule has 2 N–H and O–H groups in total. The molecule has 1 aromatic rings. The molecule has 0 aliphatic carbocycles. The second-order valence-corrected chi connectivity index (χ2v) is 4.62. The number of phenolic OH excluding ortho intramolecular Hbond substituents is 1. The van der Waals surface area contributed by atoms with Crippen LogP contribution < -0.4 is 4.72 Å². The van der Waals surface area contributed by atoms with Gasteiger partial charge in [-0.3, -0.25) is 4.72 Å². The number of hydrogen-bond donors (Lipinski definition) is 2. The van der Waals surface area contributed by atoms with Crippen LogP contribution in [0.15, 0.2) is 23.3 Å². The minimum absolute atomic E-state index is 0.403. The molecule has 0 atom stereocenters. The summed E-state index contributed by atoms with van der Waals surface area (Å²) in [5, 5.41) is 12.1. The van der Waals surface area contributed by atoms with Gasteiger partial charge < -0.3 is 5.11 Å². The molecule has 0 saturated carbocycles. The van der Waals surface area contributed by atoms with Crippen molar-refractivity contribution in [2.75, 3.05) is 4.72 Å². The average molecular weight is 282 g/mol. The zero-order valence-corrected chi connectivity index (χ0v) is 9.20. The number of sulfonamides is 1. The van der Waals surface area contributed by atoms with Gasteiger partial charge in [0.1, 0.15) is 5.75 Å². The molecule has 7 nitrogen and oxygen atoms in total. The molecule has 0 unspecified atom stereocenters. The Hall–Kier alpha value is -2.13. The van der Waals surface area contributed by atoms with E-state index in [9.17, 15) is 21.6 Å². The zero-order chi connectivity index (χ0) is 14.0. The van der Waals surface area contributed by atoms with Crippen LogP contribution >= 0.6 is 0 Å². The van der Waals surface area contributed by atoms with Crippen molar-refractivity contribution in [3.05, 3.63) is 28.6 Å². The topological polar surface area (TPSA) is 115 Å². The molecular formula is C7H5F3N4O3S. The Balaban J connectivity index is 3.15. The number of halogens is 3. The summed E-state index contributed by atoms with van der Waals surface area (Å²) in [7, 11) is -5.56. The van der Waals surface area contributed by atoms with Crippen molar-refractivity contribution in [2.24, 2.45) is 5.11 Å². The van der Waals surface area contributed by atoms with E-state index in [1.54, 1.807) is 0 Å². The molecular weight excluding hydrogens is 277 g/mol. The molecule has 11 heteroatoms. The number of hydrogen-bond acceptors (Lipinski definition) is 4. The van der Waals surface area contributed by atoms with Crippen LogP contribution in [0, 0.1) is 0 Å². The monoisotopic (exact) mass is 282 g/mol. The highest BCUT2D eigenvalue weighted by Gasteiger charge is 2.46. The molecule has 0 fully saturated rings. The van der Waals surface area contributed by atoms with E-state index in [1.165, 1.54) is 4.72 Å². The average Bonchev–Trinajstić information content (AvgIpc) is 2.21. The Kier molecular flexibility index (Phi) is 3.58. The Morgan fingerprint density at radius 2 is 2.00 bits per heavy atom. The Morgan fingerprint density at radius 3 is 2.50 bits per heavy atom. The number of aromatic hydroxyl groups is 1. The number of azide groups is 1. The molecule has 0 aliphatic rings. The lowest BCUT2D eigenvalue weighted by atomic mass is 10.3. The summed E-state index contributed by atoms with van der Waals surface area (Å²) in [6.07, 6.45) is 0. The van der Waals surface area contributed by atoms with Crippen LogP contribution in [0.5, 0.6) is 5.75 Å². The lowest BCUT2D eigenvalue weighted by Crippen LogP contribution is -2.29. The molecule has 0 heterocycles. The predicted molar refractivity (Wildman–Crippen MR) is 55.5 cm³/mol. The third kappa shape index (κ3) is 2.96. The molecule has 0 spiro atoms. The maximum Gasteiger partial charge on any atom is 0.516 e. The van der Waals surface area contributed by atoms with Crippen molar-refractivity contribution in [1.82, 2.24) is 0 Å². The summed E-state index contributed by atoms with van der Waals surface area (Å²) in [6.45, 7) is 0. The fourth-order valence-corrected chi connectivity index (χ4v) is 1.48. The first-order valence-corrected chi connectivity index (χ1v) is 5.63. The van der Waals surface area contributed by atoms with Gasteiger partial charge >= 0.3 is 15.5 Å². The fourth-order valence-electron chi connectivity index (χ4n) is 0.928. The highest BCUT2D eigenvalue weighted by molar-refractivity contribution is 7.93. The number of rotatable bonds is 3. The minimum atomic E-state index is -5.56. The molecule has 98 valence electrons. The van der Waals surface area contributed by atoms with Gasteiger partial charge in [-0.05, 0) is 23.7 Å². The Morgan fingerprint density at radius 1 is 1.39 bits per heavy atom. The Bertz CT molecular complexity index is 607. The smallest absolute Gasteiger partial charge is 0.507 e. The van der Waals surface area contributed by atoms with Crippen LogP contribution in [0.1, 0.15) is 0 Å². The van der Waals surface area contributed by atoms with Gasteiger partial charge in [0, 0.05) is 10.6 Å². The van der Waals surface area contributed by atoms with Gasteiger partial charge in [-0.2, -0.15) is 21.6 Å². The molecule has 0 bridgehead atoms. The zero-order valence-electron chi connectivity index (χ0n) is 8.38. The molecule has 1 rings (SSSR count). The van der Waals surface area contributed by atoms with Crippen LogP contribution in [0.25, 0.3) is 10.4 Å². The van der Waals surface area contributed by atoms with Gasteiger partial charge in [-0.15, -0.1) is 0 Å². The van der Waals surface area contributed by atoms with E-state index in [2.05, 4.69) is 10.0 Å². The summed E-state index contributed by atoms with van der Waals surface area (Å²) >= 11 is 0. The number of anilines is 1. The van der Waals surface area contributed by atoms with Crippen molar-refractivity contribution >= 4 is 21.4 Å². The number of phenols is 1. The first kappa shape index (κ1) is 13.9. The summed E-state index contributed by atoms with van der Waals surface area (Å²) in [4.78, 5) is 2.32. The summed E-state index contributed by atoms with van der Waals surface area (Å²) in [5.41, 5.74) is 1.76. The number of alkyl halides is 3. The highest BCUT2D eigenvalue weighted by atomic mass is 32.2. The maximum absolute atomic E-state index is 12.1. The molecule has 0 radical (unpaired) electrons. The largest absolute Gasteiger partial charge is 0.516 e. The van der Waals surface area contributed by atoms with Gasteiger partial charge in [0.2, 0.25) is 0 Å². The number of nitrogens with one attached hydrogen (secondary N) is 1. The SMILES string of the molecule is [N-]=[N+]=Nc1cc(NS(=O)(=O)C(F)(F)F)ccc1O. The summed E-state index contributed by atoms with van der Waals surface area (Å²) < 4.78 is 59.0. The van der Waals surface area contributed by atoms with Crippen molar-refractivity contribution in [1.29, 1.82) is 0 Å². The Labute approximate surface area is 98.5 Å². The standard InChI is InChI=1S/C7H5F3N4O3S/c8-7(9,10)18(16,17)13-4-1-2-6(15)5(3-4)12-14-11/h1-3,13,15H. The van der Waals surface area contributed by atoms with Gasteiger partial charge in [-0.25, -0.2) is 0 Å². The third-order valence-electron chi connectivity index (χ3n) is 1.68. The van der Waals surface area contributed by atoms with Crippen LogP contribution in [-0.4, -0.2) is 19.0 Å². The molecule has 0 aromatic heterocycles. The van der Waals surface area contributed by atoms with Gasteiger partial charge in [0.05, 0.1) is 5.69 Å². The lowest BCUT2D eigenvalue weighted by Gasteiger charge is -2.11. The number of nitrogens with zero attached hydrogens (tertiary/aromatic N) is 3. The molecule has 18 heavy (non-hydrogen) atoms. The van der Waals surface area contributed by atoms with Crippen molar-refractivity contribution in [2.45, 2.75) is 5.51 Å². The van der Waals surface area contributed by atoms with E-state index in [0.29, 0.717) is 0 Å². The van der Waals surface area contributed by atoms with E-state index in [1.807, 2.05) is 0 Å². The van der Waals surface area contributed by atoms with E-state index in [0.717, 1.165) is 18.2 Å². The first-order chi connectivity index (χ1) is 8.17. The van der Waals surface area contributed by atoms with Crippen molar-refractivity contribution < 1.29 is 26.7 Å². The molecule has 0 saturated heterocycles. The van der Waals surface area contributed by atoms with E-state index < -0.39 is 32.7 Å². The first-order valence-electron chi connectivity index (χ1n) is 4.14. The van der Waals surface area contributed by atoms with Crippen LogP contribution in [0.4, 0.5) is 24.5 Å². The van der Waals surface area contributed by atoms with E-state index in [-0.39, 0.29) is 0 Å². The number of benzene rings is 1. The minimum Gasteiger partial charge on any atom is -0.507 e. The van der Waals surface area contributed by atoms with Crippen molar-refractivity contribution in [3.63, 3.8) is 0 Å². The quantitative estimate of drug-likeness (QED) is 0.384. The van der Waals surface area contributed by atoms with E-state index in [4.69, 9.17) is 10.6 Å². The van der Waals surface area contributed by atoms with Crippen molar-refractivity contribution in [3.8, 4) is 5.75 Å². The van der Waals surface area contributed by atoms with E-state index >= 15 is 0 Å². The maximum atomic E-state index is 12.1. The molecule has 1 aromatic carbocycles. The normalized spacial score (nSPS) is 11.7. The lowest BCUT2D eigenvalue weighted by molar-refractivity contribution is -0.0429. The predicted octanol–water partition coefficient (Wildman–Crippen LogP) is 2.60. The summed E-state index contributed by atoms with van der Waals surface area (Å²) in [5.74, 6) is -0.497. The van der Waals surface area contributed by atoms with Gasteiger partial charge in [-0.1, -0.05) is 5.11 Å². The van der Waals surface area contributed by atoms with Crippen LogP contribution in [0.2, 0.25) is 0 Å². The van der Waals surface area contributed by atoms with Gasteiger partial charge in [0.15, 0.2) is 0 Å². The fraction of sp³-hybridized carbons (Fsp3) is 0.143.